The lowest BCUT2D eigenvalue weighted by Crippen LogP contribution is -2.49. The van der Waals surface area contributed by atoms with Gasteiger partial charge in [0.2, 0.25) is 5.95 Å². The van der Waals surface area contributed by atoms with Crippen molar-refractivity contribution in [3.63, 3.8) is 0 Å². The number of aliphatic hydroxyl groups is 1. The van der Waals surface area contributed by atoms with Gasteiger partial charge in [0.25, 0.3) is 6.43 Å². The molecule has 2 aliphatic rings. The molecule has 1 aromatic carbocycles. The zero-order valence-corrected chi connectivity index (χ0v) is 21.2. The van der Waals surface area contributed by atoms with E-state index in [9.17, 15) is 22.3 Å². The van der Waals surface area contributed by atoms with Gasteiger partial charge in [-0.1, -0.05) is 12.1 Å². The van der Waals surface area contributed by atoms with Crippen molar-refractivity contribution in [3.05, 3.63) is 36.0 Å². The minimum atomic E-state index is -3.09. The van der Waals surface area contributed by atoms with Gasteiger partial charge in [0.05, 0.1) is 28.1 Å². The fourth-order valence-corrected chi connectivity index (χ4v) is 6.14. The maximum atomic E-state index is 13.3. The Morgan fingerprint density at radius 1 is 1.22 bits per heavy atom. The van der Waals surface area contributed by atoms with Crippen LogP contribution in [-0.4, -0.2) is 69.5 Å². The number of benzene rings is 1. The average molecular weight is 521 g/mol. The van der Waals surface area contributed by atoms with E-state index in [0.717, 1.165) is 0 Å². The lowest BCUT2D eigenvalue weighted by atomic mass is 9.88. The third kappa shape index (κ3) is 5.01. The third-order valence-electron chi connectivity index (χ3n) is 6.85. The van der Waals surface area contributed by atoms with Gasteiger partial charge in [0.1, 0.15) is 15.7 Å². The van der Waals surface area contributed by atoms with Crippen molar-refractivity contribution >= 4 is 32.6 Å². The molecule has 0 amide bonds. The van der Waals surface area contributed by atoms with Gasteiger partial charge in [0.15, 0.2) is 5.65 Å². The van der Waals surface area contributed by atoms with Crippen LogP contribution >= 0.6 is 0 Å². The molecule has 2 aromatic heterocycles. The van der Waals surface area contributed by atoms with Gasteiger partial charge in [-0.15, -0.1) is 0 Å². The molecular formula is C24H30F2N6O3S. The molecule has 1 saturated carbocycles. The van der Waals surface area contributed by atoms with Crippen LogP contribution in [0.25, 0.3) is 16.7 Å². The second kappa shape index (κ2) is 8.91. The Kier molecular flexibility index (Phi) is 6.14. The molecule has 0 bridgehead atoms. The van der Waals surface area contributed by atoms with Crippen molar-refractivity contribution in [2.75, 3.05) is 29.6 Å². The second-order valence-corrected chi connectivity index (χ2v) is 12.9. The summed E-state index contributed by atoms with van der Waals surface area (Å²) in [6, 6.07) is 5.93. The normalized spacial score (nSPS) is 21.0. The van der Waals surface area contributed by atoms with Crippen LogP contribution in [-0.2, 0) is 9.84 Å². The predicted octanol–water partition coefficient (Wildman–Crippen LogP) is 3.34. The molecule has 3 heterocycles. The number of aromatic nitrogens is 4. The molecular weight excluding hydrogens is 490 g/mol. The second-order valence-electron chi connectivity index (χ2n) is 10.6. The van der Waals surface area contributed by atoms with E-state index in [0.29, 0.717) is 66.8 Å². The maximum absolute atomic E-state index is 13.3. The van der Waals surface area contributed by atoms with Crippen LogP contribution < -0.4 is 10.2 Å². The van der Waals surface area contributed by atoms with E-state index < -0.39 is 21.9 Å². The number of rotatable bonds is 8. The van der Waals surface area contributed by atoms with Gasteiger partial charge >= 0.3 is 0 Å². The Labute approximate surface area is 208 Å². The summed E-state index contributed by atoms with van der Waals surface area (Å²) in [6.07, 6.45) is 1.89. The number of anilines is 2. The summed E-state index contributed by atoms with van der Waals surface area (Å²) in [6.45, 7) is 5.00. The minimum Gasteiger partial charge on any atom is -0.390 e. The van der Waals surface area contributed by atoms with Gasteiger partial charge in [-0.3, -0.25) is 0 Å². The van der Waals surface area contributed by atoms with Crippen LogP contribution in [0.4, 0.5) is 20.5 Å². The summed E-state index contributed by atoms with van der Waals surface area (Å²) in [5.74, 6) is 1.32. The topological polar surface area (TPSA) is 113 Å². The average Bonchev–Trinajstić information content (AvgIpc) is 3.15. The third-order valence-corrected chi connectivity index (χ3v) is 8.45. The van der Waals surface area contributed by atoms with E-state index in [4.69, 9.17) is 4.98 Å². The summed E-state index contributed by atoms with van der Waals surface area (Å²) < 4.78 is 51.8. The molecule has 0 unspecified atom stereocenters. The quantitative estimate of drug-likeness (QED) is 0.465. The van der Waals surface area contributed by atoms with Crippen LogP contribution in [0.5, 0.6) is 0 Å². The molecule has 3 aromatic rings. The van der Waals surface area contributed by atoms with E-state index in [1.807, 2.05) is 0 Å². The number of nitrogens with zero attached hydrogens (tertiary/aromatic N) is 5. The molecule has 194 valence electrons. The fraction of sp³-hybridized carbons (Fsp3) is 0.542. The Morgan fingerprint density at radius 2 is 1.94 bits per heavy atom. The SMILES string of the molecule is CC(C)(O)CC1CN(c2nc(NC3CC(S(C)(=O)=O)C3)nc3c2cnn3-c2cccc(C(F)F)c2)C1. The summed E-state index contributed by atoms with van der Waals surface area (Å²) in [7, 11) is -3.09. The van der Waals surface area contributed by atoms with E-state index in [1.165, 1.54) is 23.1 Å². The van der Waals surface area contributed by atoms with E-state index in [1.54, 1.807) is 32.2 Å². The zero-order valence-electron chi connectivity index (χ0n) is 20.4. The van der Waals surface area contributed by atoms with Gasteiger partial charge in [-0.2, -0.15) is 15.1 Å². The highest BCUT2D eigenvalue weighted by Crippen LogP contribution is 2.35. The Morgan fingerprint density at radius 3 is 2.58 bits per heavy atom. The van der Waals surface area contributed by atoms with Crippen molar-refractivity contribution in [1.82, 2.24) is 19.7 Å². The lowest BCUT2D eigenvalue weighted by molar-refractivity contribution is 0.0474. The van der Waals surface area contributed by atoms with Crippen LogP contribution in [0.2, 0.25) is 0 Å². The highest BCUT2D eigenvalue weighted by molar-refractivity contribution is 7.91. The van der Waals surface area contributed by atoms with Crippen LogP contribution in [0, 0.1) is 5.92 Å². The number of hydrogen-bond donors (Lipinski definition) is 2. The van der Waals surface area contributed by atoms with Crippen molar-refractivity contribution in [2.45, 2.75) is 56.4 Å². The summed E-state index contributed by atoms with van der Waals surface area (Å²) >= 11 is 0. The van der Waals surface area contributed by atoms with Gasteiger partial charge in [0, 0.05) is 31.0 Å². The predicted molar refractivity (Wildman–Crippen MR) is 134 cm³/mol. The van der Waals surface area contributed by atoms with Crippen molar-refractivity contribution in [3.8, 4) is 5.69 Å². The number of fused-ring (bicyclic) bond motifs is 1. The molecule has 1 aliphatic heterocycles. The van der Waals surface area contributed by atoms with E-state index in [2.05, 4.69) is 20.3 Å². The standard InChI is InChI=1S/C24H30F2N6O3S/c1-24(2,33)10-14-12-31(13-14)21-19-11-27-32(17-6-4-5-15(7-17)20(25)26)22(19)30-23(29-21)28-16-8-18(9-16)36(3,34)35/h4-7,11,14,16,18,20,33H,8-10,12-13H2,1-3H3,(H,28,29,30). The first-order valence-electron chi connectivity index (χ1n) is 11.9. The Balaban J connectivity index is 1.48. The molecule has 2 fully saturated rings. The molecule has 1 aliphatic carbocycles. The Hall–Kier alpha value is -2.86. The largest absolute Gasteiger partial charge is 0.390 e. The summed E-state index contributed by atoms with van der Waals surface area (Å²) in [5.41, 5.74) is 0.0645. The highest BCUT2D eigenvalue weighted by Gasteiger charge is 2.37. The molecule has 9 nitrogen and oxygen atoms in total. The molecule has 0 atom stereocenters. The van der Waals surface area contributed by atoms with Crippen molar-refractivity contribution in [2.24, 2.45) is 5.92 Å². The lowest BCUT2D eigenvalue weighted by Gasteiger charge is -2.42. The minimum absolute atomic E-state index is 0.0760. The smallest absolute Gasteiger partial charge is 0.263 e. The number of halogens is 2. The molecule has 5 rings (SSSR count). The molecule has 36 heavy (non-hydrogen) atoms. The molecule has 1 saturated heterocycles. The number of sulfone groups is 1. The van der Waals surface area contributed by atoms with Crippen molar-refractivity contribution < 1.29 is 22.3 Å². The highest BCUT2D eigenvalue weighted by atomic mass is 32.2. The fourth-order valence-electron chi connectivity index (χ4n) is 4.97. The maximum Gasteiger partial charge on any atom is 0.263 e. The first kappa shape index (κ1) is 24.8. The molecule has 0 spiro atoms. The molecule has 12 heteroatoms. The molecule has 0 radical (unpaired) electrons. The van der Waals surface area contributed by atoms with Crippen LogP contribution in [0.15, 0.2) is 30.5 Å². The summed E-state index contributed by atoms with van der Waals surface area (Å²) in [4.78, 5) is 11.5. The van der Waals surface area contributed by atoms with Gasteiger partial charge in [-0.25, -0.2) is 21.9 Å². The van der Waals surface area contributed by atoms with Crippen molar-refractivity contribution in [1.29, 1.82) is 0 Å². The van der Waals surface area contributed by atoms with E-state index in [-0.39, 0.29) is 16.9 Å². The number of alkyl halides is 2. The van der Waals surface area contributed by atoms with Gasteiger partial charge < -0.3 is 15.3 Å². The van der Waals surface area contributed by atoms with Gasteiger partial charge in [-0.05, 0) is 51.2 Å². The zero-order chi connectivity index (χ0) is 25.8. The number of hydrogen-bond acceptors (Lipinski definition) is 8. The molecule has 2 N–H and O–H groups in total. The monoisotopic (exact) mass is 520 g/mol. The summed E-state index contributed by atoms with van der Waals surface area (Å²) in [5, 5.41) is 18.2. The first-order valence-corrected chi connectivity index (χ1v) is 13.9. The number of nitrogens with one attached hydrogen (secondary N) is 1. The Bertz CT molecular complexity index is 1380. The van der Waals surface area contributed by atoms with Crippen LogP contribution in [0.1, 0.15) is 45.1 Å². The van der Waals surface area contributed by atoms with E-state index >= 15 is 0 Å². The van der Waals surface area contributed by atoms with Crippen LogP contribution in [0.3, 0.4) is 0 Å². The first-order chi connectivity index (χ1) is 16.9.